The number of oxazole rings is 1. The van der Waals surface area contributed by atoms with Gasteiger partial charge in [-0.25, -0.2) is 4.98 Å². The Labute approximate surface area is 255 Å². The number of para-hydroxylation sites is 2. The lowest BCUT2D eigenvalue weighted by atomic mass is 10.0. The lowest BCUT2D eigenvalue weighted by Gasteiger charge is -2.26. The van der Waals surface area contributed by atoms with E-state index in [1.165, 1.54) is 23.5 Å². The van der Waals surface area contributed by atoms with Crippen LogP contribution in [0.15, 0.2) is 101 Å². The van der Waals surface area contributed by atoms with E-state index in [0.717, 1.165) is 78.6 Å². The van der Waals surface area contributed by atoms with Crippen LogP contribution in [0.4, 0.5) is 17.1 Å². The molecule has 0 N–H and O–H groups in total. The highest BCUT2D eigenvalue weighted by atomic mass is 32.1. The number of benzene rings is 5. The van der Waals surface area contributed by atoms with Gasteiger partial charge in [0.15, 0.2) is 5.58 Å². The molecule has 9 rings (SSSR count). The van der Waals surface area contributed by atoms with Gasteiger partial charge in [0.25, 0.3) is 0 Å². The lowest BCUT2D eigenvalue weighted by Crippen LogP contribution is -2.12. The fourth-order valence-corrected chi connectivity index (χ4v) is 7.12. The Morgan fingerprint density at radius 2 is 1.07 bits per heavy atom. The number of anilines is 3. The molecule has 0 radical (unpaired) electrons. The van der Waals surface area contributed by atoms with Crippen LogP contribution < -0.4 is 4.90 Å². The highest BCUT2D eigenvalue weighted by Gasteiger charge is 2.26. The third-order valence-corrected chi connectivity index (χ3v) is 8.98. The predicted octanol–water partition coefficient (Wildman–Crippen LogP) is 8.65. The van der Waals surface area contributed by atoms with Gasteiger partial charge < -0.3 is 9.32 Å². The predicted molar refractivity (Wildman–Crippen MR) is 172 cm³/mol. The van der Waals surface area contributed by atoms with Gasteiger partial charge in [0.1, 0.15) is 38.6 Å². The first kappa shape index (κ1) is 24.4. The number of rotatable bonds is 5. The van der Waals surface area contributed by atoms with Crippen LogP contribution in [0.3, 0.4) is 0 Å². The quantitative estimate of drug-likeness (QED) is 0.189. The van der Waals surface area contributed by atoms with Gasteiger partial charge in [-0.15, -0.1) is 0 Å². The SMILES string of the molecule is c1ccc(-c2ccc(N(c3cccc4nsnc34)c3ccc(-c4nc5ccccc5o4)c4nsnc34)c3nsnc23)cc1. The van der Waals surface area contributed by atoms with Crippen molar-refractivity contribution in [2.45, 2.75) is 0 Å². The number of fused-ring (bicyclic) bond motifs is 4. The molecule has 9 aromatic rings. The van der Waals surface area contributed by atoms with Crippen molar-refractivity contribution in [2.24, 2.45) is 0 Å². The fraction of sp³-hybridized carbons (Fsp3) is 0. The molecule has 0 amide bonds. The number of hydrogen-bond acceptors (Lipinski definition) is 12. The van der Waals surface area contributed by atoms with E-state index in [2.05, 4.69) is 37.9 Å². The van der Waals surface area contributed by atoms with Gasteiger partial charge in [0.05, 0.1) is 57.8 Å². The van der Waals surface area contributed by atoms with Crippen LogP contribution in [-0.4, -0.2) is 31.2 Å². The van der Waals surface area contributed by atoms with Crippen molar-refractivity contribution in [1.82, 2.24) is 31.2 Å². The third-order valence-electron chi connectivity index (χ3n) is 7.38. The summed E-state index contributed by atoms with van der Waals surface area (Å²) in [6.07, 6.45) is 0. The molecule has 4 heterocycles. The van der Waals surface area contributed by atoms with Crippen molar-refractivity contribution in [3.8, 4) is 22.6 Å². The first-order chi connectivity index (χ1) is 21.3. The third kappa shape index (κ3) is 3.84. The molecular weight excluding hydrogens is 597 g/mol. The molecule has 0 spiro atoms. The van der Waals surface area contributed by atoms with Crippen molar-refractivity contribution < 1.29 is 4.42 Å². The summed E-state index contributed by atoms with van der Waals surface area (Å²) in [5, 5.41) is 0. The van der Waals surface area contributed by atoms with E-state index in [9.17, 15) is 0 Å². The molecular formula is C31H16N8OS3. The van der Waals surface area contributed by atoms with Crippen LogP contribution in [0.25, 0.3) is 66.8 Å². The van der Waals surface area contributed by atoms with Gasteiger partial charge >= 0.3 is 0 Å². The second kappa shape index (κ2) is 9.70. The van der Waals surface area contributed by atoms with Crippen LogP contribution >= 0.6 is 35.2 Å². The van der Waals surface area contributed by atoms with Gasteiger partial charge in [0, 0.05) is 5.56 Å². The summed E-state index contributed by atoms with van der Waals surface area (Å²) in [6.45, 7) is 0. The van der Waals surface area contributed by atoms with Gasteiger partial charge in [-0.2, -0.15) is 26.2 Å². The number of hydrogen-bond donors (Lipinski definition) is 0. The Morgan fingerprint density at radius 3 is 1.86 bits per heavy atom. The van der Waals surface area contributed by atoms with Crippen LogP contribution in [0.5, 0.6) is 0 Å². The summed E-state index contributed by atoms with van der Waals surface area (Å²) in [4.78, 5) is 6.87. The molecule has 0 bridgehead atoms. The minimum atomic E-state index is 0.501. The van der Waals surface area contributed by atoms with Crippen LogP contribution in [0.2, 0.25) is 0 Å². The molecule has 0 aliphatic heterocycles. The zero-order chi connectivity index (χ0) is 28.3. The first-order valence-corrected chi connectivity index (χ1v) is 15.5. The normalized spacial score (nSPS) is 11.7. The summed E-state index contributed by atoms with van der Waals surface area (Å²) in [7, 11) is 0. The lowest BCUT2D eigenvalue weighted by molar-refractivity contribution is 0.620. The molecule has 0 unspecified atom stereocenters. The van der Waals surface area contributed by atoms with Crippen molar-refractivity contribution in [3.63, 3.8) is 0 Å². The van der Waals surface area contributed by atoms with E-state index in [1.807, 2.05) is 72.8 Å². The molecule has 9 nitrogen and oxygen atoms in total. The summed E-state index contributed by atoms with van der Waals surface area (Å²) in [5.74, 6) is 0.501. The monoisotopic (exact) mass is 612 g/mol. The molecule has 12 heteroatoms. The highest BCUT2D eigenvalue weighted by molar-refractivity contribution is 7.00. The molecule has 5 aromatic carbocycles. The topological polar surface area (TPSA) is 107 Å². The van der Waals surface area contributed by atoms with Gasteiger partial charge in [-0.3, -0.25) is 0 Å². The highest BCUT2D eigenvalue weighted by Crippen LogP contribution is 2.46. The number of nitrogens with zero attached hydrogens (tertiary/aromatic N) is 8. The van der Waals surface area contributed by atoms with E-state index in [1.54, 1.807) is 0 Å². The average molecular weight is 613 g/mol. The van der Waals surface area contributed by atoms with Crippen molar-refractivity contribution in [2.75, 3.05) is 4.90 Å². The van der Waals surface area contributed by atoms with E-state index in [4.69, 9.17) is 26.9 Å². The largest absolute Gasteiger partial charge is 0.436 e. The van der Waals surface area contributed by atoms with Crippen molar-refractivity contribution >= 4 is 96.4 Å². The maximum atomic E-state index is 6.13. The molecule has 4 aromatic heterocycles. The Kier molecular flexibility index (Phi) is 5.51. The molecule has 43 heavy (non-hydrogen) atoms. The maximum Gasteiger partial charge on any atom is 0.229 e. The van der Waals surface area contributed by atoms with E-state index in [-0.39, 0.29) is 0 Å². The van der Waals surface area contributed by atoms with Gasteiger partial charge in [-0.05, 0) is 54.1 Å². The van der Waals surface area contributed by atoms with Gasteiger partial charge in [-0.1, -0.05) is 48.5 Å². The standard InChI is InChI=1S/C31H16N8OS3/c1-2-7-17(8-3-1)18-13-15-23(29-26(18)34-42-37-29)39(22-11-6-10-21-28(22)36-41-33-21)24-16-14-19(27-30(24)38-43-35-27)31-32-20-9-4-5-12-25(20)40-31/h1-16H. The Bertz CT molecular complexity index is 2410. The zero-order valence-corrected chi connectivity index (χ0v) is 24.4. The zero-order valence-electron chi connectivity index (χ0n) is 21.9. The summed E-state index contributed by atoms with van der Waals surface area (Å²) < 4.78 is 34.3. The van der Waals surface area contributed by atoms with E-state index >= 15 is 0 Å². The molecule has 0 saturated heterocycles. The molecule has 0 aliphatic carbocycles. The van der Waals surface area contributed by atoms with Crippen LogP contribution in [0, 0.1) is 0 Å². The Morgan fingerprint density at radius 1 is 0.465 bits per heavy atom. The molecule has 0 aliphatic rings. The average Bonchev–Trinajstić information content (AvgIpc) is 3.87. The molecule has 0 atom stereocenters. The smallest absolute Gasteiger partial charge is 0.229 e. The second-order valence-corrected chi connectivity index (χ2v) is 11.4. The summed E-state index contributed by atoms with van der Waals surface area (Å²) in [5.41, 5.74) is 11.6. The van der Waals surface area contributed by atoms with Gasteiger partial charge in [0.2, 0.25) is 5.89 Å². The second-order valence-electron chi connectivity index (χ2n) is 9.78. The Balaban J connectivity index is 1.30. The summed E-state index contributed by atoms with van der Waals surface area (Å²) >= 11 is 3.54. The Hall–Kier alpha value is -5.17. The molecule has 0 saturated carbocycles. The van der Waals surface area contributed by atoms with Crippen molar-refractivity contribution in [3.05, 3.63) is 97.1 Å². The minimum absolute atomic E-state index is 0.501. The van der Waals surface area contributed by atoms with Crippen LogP contribution in [0.1, 0.15) is 0 Å². The number of aromatic nitrogens is 7. The summed E-state index contributed by atoms with van der Waals surface area (Å²) in [6, 6.07) is 32.2. The maximum absolute atomic E-state index is 6.13. The minimum Gasteiger partial charge on any atom is -0.436 e. The molecule has 0 fully saturated rings. The first-order valence-electron chi connectivity index (χ1n) is 13.3. The van der Waals surface area contributed by atoms with Crippen molar-refractivity contribution in [1.29, 1.82) is 0 Å². The van der Waals surface area contributed by atoms with E-state index in [0.29, 0.717) is 16.9 Å². The van der Waals surface area contributed by atoms with E-state index < -0.39 is 0 Å². The molecule has 204 valence electrons. The van der Waals surface area contributed by atoms with Crippen LogP contribution in [-0.2, 0) is 0 Å². The fourth-order valence-electron chi connectivity index (χ4n) is 5.44.